The summed E-state index contributed by atoms with van der Waals surface area (Å²) in [6.45, 7) is 0. The highest BCUT2D eigenvalue weighted by Crippen LogP contribution is 2.31. The highest BCUT2D eigenvalue weighted by atomic mass is 16.5. The van der Waals surface area contributed by atoms with Crippen LogP contribution in [0.25, 0.3) is 6.08 Å². The minimum atomic E-state index is -0.937. The molecule has 0 heterocycles. The standard InChI is InChI=1S/C13H14O3/c1-16-12-10-6-4-2-3-5-9(10)7-8-11(12)13(14)15/h3,5,7-8H,2,4,6H2,1H3,(H,14,15). The Hall–Kier alpha value is -1.77. The Balaban J connectivity index is 2.60. The molecular formula is C13H14O3. The van der Waals surface area contributed by atoms with E-state index in [0.29, 0.717) is 5.75 Å². The van der Waals surface area contributed by atoms with E-state index in [1.807, 2.05) is 12.1 Å². The van der Waals surface area contributed by atoms with Gasteiger partial charge in [-0.2, -0.15) is 0 Å². The van der Waals surface area contributed by atoms with E-state index < -0.39 is 5.97 Å². The van der Waals surface area contributed by atoms with Gasteiger partial charge in [0, 0.05) is 5.56 Å². The van der Waals surface area contributed by atoms with Gasteiger partial charge >= 0.3 is 5.97 Å². The van der Waals surface area contributed by atoms with Crippen molar-refractivity contribution >= 4 is 12.0 Å². The predicted molar refractivity (Wildman–Crippen MR) is 61.9 cm³/mol. The van der Waals surface area contributed by atoms with Crippen LogP contribution in [0.2, 0.25) is 0 Å². The van der Waals surface area contributed by atoms with Crippen LogP contribution in [-0.4, -0.2) is 18.2 Å². The van der Waals surface area contributed by atoms with E-state index in [-0.39, 0.29) is 5.56 Å². The topological polar surface area (TPSA) is 46.5 Å². The quantitative estimate of drug-likeness (QED) is 0.830. The molecule has 1 aromatic rings. The van der Waals surface area contributed by atoms with E-state index >= 15 is 0 Å². The Kier molecular flexibility index (Phi) is 2.95. The summed E-state index contributed by atoms with van der Waals surface area (Å²) < 4.78 is 5.25. The van der Waals surface area contributed by atoms with Crippen molar-refractivity contribution in [3.63, 3.8) is 0 Å². The second-order valence-corrected chi connectivity index (χ2v) is 3.81. The van der Waals surface area contributed by atoms with Crippen LogP contribution in [0.3, 0.4) is 0 Å². The summed E-state index contributed by atoms with van der Waals surface area (Å²) in [5.74, 6) is -0.426. The molecule has 0 bridgehead atoms. The fourth-order valence-corrected chi connectivity index (χ4v) is 2.07. The number of hydrogen-bond acceptors (Lipinski definition) is 2. The highest BCUT2D eigenvalue weighted by molar-refractivity contribution is 5.92. The molecule has 1 N–H and O–H groups in total. The van der Waals surface area contributed by atoms with Crippen molar-refractivity contribution in [3.05, 3.63) is 34.9 Å². The summed E-state index contributed by atoms with van der Waals surface area (Å²) in [4.78, 5) is 11.1. The molecule has 0 aromatic heterocycles. The zero-order chi connectivity index (χ0) is 11.5. The van der Waals surface area contributed by atoms with E-state index in [9.17, 15) is 4.79 Å². The van der Waals surface area contributed by atoms with Gasteiger partial charge in [-0.15, -0.1) is 0 Å². The SMILES string of the molecule is COc1c(C(=O)O)ccc2c1CCCC=C2. The van der Waals surface area contributed by atoms with Crippen molar-refractivity contribution in [1.29, 1.82) is 0 Å². The largest absolute Gasteiger partial charge is 0.496 e. The first-order valence-corrected chi connectivity index (χ1v) is 5.33. The van der Waals surface area contributed by atoms with Gasteiger partial charge in [0.05, 0.1) is 7.11 Å². The van der Waals surface area contributed by atoms with Gasteiger partial charge in [-0.05, 0) is 30.9 Å². The Labute approximate surface area is 94.4 Å². The van der Waals surface area contributed by atoms with Crippen LogP contribution in [-0.2, 0) is 6.42 Å². The van der Waals surface area contributed by atoms with E-state index in [0.717, 1.165) is 30.4 Å². The van der Waals surface area contributed by atoms with Crippen molar-refractivity contribution in [2.24, 2.45) is 0 Å². The Bertz CT molecular complexity index is 447. The lowest BCUT2D eigenvalue weighted by Gasteiger charge is -2.13. The highest BCUT2D eigenvalue weighted by Gasteiger charge is 2.17. The maximum Gasteiger partial charge on any atom is 0.339 e. The van der Waals surface area contributed by atoms with Crippen molar-refractivity contribution in [2.75, 3.05) is 7.11 Å². The van der Waals surface area contributed by atoms with Crippen LogP contribution < -0.4 is 4.74 Å². The normalized spacial score (nSPS) is 14.1. The maximum absolute atomic E-state index is 11.1. The molecule has 1 aliphatic rings. The molecule has 3 heteroatoms. The molecular weight excluding hydrogens is 204 g/mol. The van der Waals surface area contributed by atoms with E-state index in [2.05, 4.69) is 6.08 Å². The zero-order valence-corrected chi connectivity index (χ0v) is 9.19. The van der Waals surface area contributed by atoms with Crippen molar-refractivity contribution < 1.29 is 14.6 Å². The maximum atomic E-state index is 11.1. The van der Waals surface area contributed by atoms with Crippen LogP contribution in [0.4, 0.5) is 0 Å². The number of fused-ring (bicyclic) bond motifs is 1. The smallest absolute Gasteiger partial charge is 0.339 e. The Morgan fingerprint density at radius 2 is 2.25 bits per heavy atom. The summed E-state index contributed by atoms with van der Waals surface area (Å²) >= 11 is 0. The molecule has 2 rings (SSSR count). The summed E-state index contributed by atoms with van der Waals surface area (Å²) in [6.07, 6.45) is 7.08. The monoisotopic (exact) mass is 218 g/mol. The van der Waals surface area contributed by atoms with Crippen molar-refractivity contribution in [3.8, 4) is 5.75 Å². The Morgan fingerprint density at radius 1 is 1.44 bits per heavy atom. The fraction of sp³-hybridized carbons (Fsp3) is 0.308. The summed E-state index contributed by atoms with van der Waals surface area (Å²) in [5, 5.41) is 9.07. The van der Waals surface area contributed by atoms with Crippen molar-refractivity contribution in [1.82, 2.24) is 0 Å². The fourth-order valence-electron chi connectivity index (χ4n) is 2.07. The minimum absolute atomic E-state index is 0.247. The van der Waals surface area contributed by atoms with Gasteiger partial charge < -0.3 is 9.84 Å². The number of ether oxygens (including phenoxy) is 1. The average molecular weight is 218 g/mol. The molecule has 0 atom stereocenters. The molecule has 0 aliphatic heterocycles. The summed E-state index contributed by atoms with van der Waals surface area (Å²) in [7, 11) is 1.52. The molecule has 0 amide bonds. The first-order valence-electron chi connectivity index (χ1n) is 5.33. The van der Waals surface area contributed by atoms with Crippen LogP contribution in [0, 0.1) is 0 Å². The number of benzene rings is 1. The first-order chi connectivity index (χ1) is 7.74. The van der Waals surface area contributed by atoms with Gasteiger partial charge in [-0.1, -0.05) is 18.2 Å². The van der Waals surface area contributed by atoms with E-state index in [1.165, 1.54) is 7.11 Å². The molecule has 1 aromatic carbocycles. The Morgan fingerprint density at radius 3 is 2.94 bits per heavy atom. The zero-order valence-electron chi connectivity index (χ0n) is 9.19. The number of carboxylic acids is 1. The van der Waals surface area contributed by atoms with Crippen LogP contribution in [0.15, 0.2) is 18.2 Å². The lowest BCUT2D eigenvalue weighted by molar-refractivity contribution is 0.0693. The first kappa shape index (κ1) is 10.7. The van der Waals surface area contributed by atoms with Gasteiger partial charge in [0.2, 0.25) is 0 Å². The molecule has 0 saturated heterocycles. The summed E-state index contributed by atoms with van der Waals surface area (Å²) in [6, 6.07) is 3.46. The third-order valence-electron chi connectivity index (χ3n) is 2.83. The molecule has 0 saturated carbocycles. The molecule has 0 unspecified atom stereocenters. The predicted octanol–water partition coefficient (Wildman–Crippen LogP) is 2.74. The van der Waals surface area contributed by atoms with E-state index in [1.54, 1.807) is 6.07 Å². The third kappa shape index (κ3) is 1.81. The molecule has 1 aliphatic carbocycles. The van der Waals surface area contributed by atoms with Crippen LogP contribution in [0.5, 0.6) is 5.75 Å². The number of allylic oxidation sites excluding steroid dienone is 1. The molecule has 16 heavy (non-hydrogen) atoms. The van der Waals surface area contributed by atoms with Gasteiger partial charge in [-0.25, -0.2) is 4.79 Å². The second-order valence-electron chi connectivity index (χ2n) is 3.81. The number of carbonyl (C=O) groups is 1. The van der Waals surface area contributed by atoms with Crippen LogP contribution in [0.1, 0.15) is 34.3 Å². The van der Waals surface area contributed by atoms with Gasteiger partial charge in [0.25, 0.3) is 0 Å². The number of carboxylic acid groups (broad SMARTS) is 1. The van der Waals surface area contributed by atoms with Gasteiger partial charge in [-0.3, -0.25) is 0 Å². The average Bonchev–Trinajstić information content (AvgIpc) is 2.52. The number of aromatic carboxylic acids is 1. The van der Waals surface area contributed by atoms with Crippen molar-refractivity contribution in [2.45, 2.75) is 19.3 Å². The summed E-state index contributed by atoms with van der Waals surface area (Å²) in [5.41, 5.74) is 2.33. The molecule has 0 spiro atoms. The second kappa shape index (κ2) is 4.39. The van der Waals surface area contributed by atoms with E-state index in [4.69, 9.17) is 9.84 Å². The molecule has 0 radical (unpaired) electrons. The number of rotatable bonds is 2. The lowest BCUT2D eigenvalue weighted by Crippen LogP contribution is -2.04. The van der Waals surface area contributed by atoms with Crippen LogP contribution >= 0.6 is 0 Å². The van der Waals surface area contributed by atoms with Gasteiger partial charge in [0.1, 0.15) is 11.3 Å². The number of methoxy groups -OCH3 is 1. The van der Waals surface area contributed by atoms with Gasteiger partial charge in [0.15, 0.2) is 0 Å². The number of hydrogen-bond donors (Lipinski definition) is 1. The molecule has 0 fully saturated rings. The minimum Gasteiger partial charge on any atom is -0.496 e. The molecule has 3 nitrogen and oxygen atoms in total. The third-order valence-corrected chi connectivity index (χ3v) is 2.83. The molecule has 84 valence electrons. The lowest BCUT2D eigenvalue weighted by atomic mass is 9.99.